The molecule has 2 unspecified atom stereocenters. The van der Waals surface area contributed by atoms with E-state index in [1.165, 1.54) is 30.0 Å². The Morgan fingerprint density at radius 2 is 2.40 bits per heavy atom. The maximum Gasteiger partial charge on any atom is 0.0897 e. The third kappa shape index (κ3) is 3.74. The Morgan fingerprint density at radius 3 is 3.00 bits per heavy atom. The molecule has 2 rings (SSSR count). The Labute approximate surface area is 102 Å². The van der Waals surface area contributed by atoms with E-state index in [0.717, 1.165) is 18.5 Å². The Bertz CT molecular complexity index is 301. The van der Waals surface area contributed by atoms with Crippen molar-refractivity contribution < 1.29 is 0 Å². The molecule has 1 heterocycles. The zero-order valence-electron chi connectivity index (χ0n) is 9.32. The summed E-state index contributed by atoms with van der Waals surface area (Å²) in [5.41, 5.74) is 1.20. The normalized spacial score (nSPS) is 23.6. The van der Waals surface area contributed by atoms with E-state index >= 15 is 0 Å². The van der Waals surface area contributed by atoms with Gasteiger partial charge in [0.2, 0.25) is 0 Å². The SMILES string of the molecule is CCCC1CC1NCc1csc(C)n1.Cl. The first-order valence-corrected chi connectivity index (χ1v) is 6.32. The molecule has 2 atom stereocenters. The van der Waals surface area contributed by atoms with Crippen molar-refractivity contribution >= 4 is 23.7 Å². The lowest BCUT2D eigenvalue weighted by atomic mass is 10.2. The van der Waals surface area contributed by atoms with Gasteiger partial charge in [-0.3, -0.25) is 0 Å². The number of halogens is 1. The molecule has 0 saturated heterocycles. The smallest absolute Gasteiger partial charge is 0.0897 e. The number of hydrogen-bond acceptors (Lipinski definition) is 3. The monoisotopic (exact) mass is 246 g/mol. The number of aromatic nitrogens is 1. The average Bonchev–Trinajstić information content (AvgIpc) is 2.77. The van der Waals surface area contributed by atoms with Crippen molar-refractivity contribution in [3.63, 3.8) is 0 Å². The van der Waals surface area contributed by atoms with Gasteiger partial charge < -0.3 is 5.32 Å². The Morgan fingerprint density at radius 1 is 1.60 bits per heavy atom. The first kappa shape index (κ1) is 12.9. The maximum atomic E-state index is 4.44. The summed E-state index contributed by atoms with van der Waals surface area (Å²) >= 11 is 1.74. The van der Waals surface area contributed by atoms with Gasteiger partial charge in [-0.2, -0.15) is 0 Å². The predicted octanol–water partition coefficient (Wildman–Crippen LogP) is 3.15. The number of rotatable bonds is 5. The van der Waals surface area contributed by atoms with Gasteiger partial charge in [-0.1, -0.05) is 13.3 Å². The molecule has 86 valence electrons. The molecule has 2 nitrogen and oxygen atoms in total. The summed E-state index contributed by atoms with van der Waals surface area (Å²) in [7, 11) is 0. The minimum Gasteiger partial charge on any atom is -0.308 e. The van der Waals surface area contributed by atoms with E-state index < -0.39 is 0 Å². The van der Waals surface area contributed by atoms with E-state index in [1.54, 1.807) is 11.3 Å². The van der Waals surface area contributed by atoms with Gasteiger partial charge in [0, 0.05) is 18.0 Å². The van der Waals surface area contributed by atoms with Crippen molar-refractivity contribution in [3.8, 4) is 0 Å². The van der Waals surface area contributed by atoms with Crippen molar-refractivity contribution in [2.75, 3.05) is 0 Å². The van der Waals surface area contributed by atoms with Gasteiger partial charge in [0.15, 0.2) is 0 Å². The minimum atomic E-state index is 0. The number of aryl methyl sites for hydroxylation is 1. The Hall–Kier alpha value is -0.120. The van der Waals surface area contributed by atoms with Crippen molar-refractivity contribution in [2.45, 2.75) is 45.7 Å². The van der Waals surface area contributed by atoms with Crippen molar-refractivity contribution in [2.24, 2.45) is 5.92 Å². The van der Waals surface area contributed by atoms with Gasteiger partial charge in [-0.15, -0.1) is 23.7 Å². The molecule has 1 aliphatic rings. The number of nitrogens with zero attached hydrogens (tertiary/aromatic N) is 1. The summed E-state index contributed by atoms with van der Waals surface area (Å²) in [6, 6.07) is 0.775. The molecule has 1 aromatic heterocycles. The molecule has 0 radical (unpaired) electrons. The van der Waals surface area contributed by atoms with Crippen LogP contribution < -0.4 is 5.32 Å². The third-order valence-electron chi connectivity index (χ3n) is 2.79. The van der Waals surface area contributed by atoms with Crippen LogP contribution in [0.25, 0.3) is 0 Å². The third-order valence-corrected chi connectivity index (χ3v) is 3.62. The fourth-order valence-corrected chi connectivity index (χ4v) is 2.53. The Kier molecular flexibility index (Phi) is 5.03. The molecular formula is C11H19ClN2S. The van der Waals surface area contributed by atoms with Crippen molar-refractivity contribution in [1.29, 1.82) is 0 Å². The number of thiazole rings is 1. The molecule has 0 aliphatic heterocycles. The molecule has 0 aromatic carbocycles. The van der Waals surface area contributed by atoms with Crippen LogP contribution in [0.3, 0.4) is 0 Å². The summed E-state index contributed by atoms with van der Waals surface area (Å²) < 4.78 is 0. The molecule has 1 aliphatic carbocycles. The van der Waals surface area contributed by atoms with E-state index in [2.05, 4.69) is 29.5 Å². The summed E-state index contributed by atoms with van der Waals surface area (Å²) in [4.78, 5) is 4.44. The zero-order chi connectivity index (χ0) is 9.97. The number of nitrogens with one attached hydrogen (secondary N) is 1. The summed E-state index contributed by atoms with van der Waals surface area (Å²) in [5.74, 6) is 0.944. The highest BCUT2D eigenvalue weighted by Crippen LogP contribution is 2.34. The van der Waals surface area contributed by atoms with Crippen molar-refractivity contribution in [1.82, 2.24) is 10.3 Å². The van der Waals surface area contributed by atoms with E-state index in [0.29, 0.717) is 0 Å². The molecule has 1 fully saturated rings. The van der Waals surface area contributed by atoms with Crippen LogP contribution in [0.4, 0.5) is 0 Å². The highest BCUT2D eigenvalue weighted by atomic mass is 35.5. The molecule has 1 aromatic rings. The highest BCUT2D eigenvalue weighted by Gasteiger charge is 2.35. The van der Waals surface area contributed by atoms with Crippen LogP contribution in [0.1, 0.15) is 36.9 Å². The Balaban J connectivity index is 0.00000112. The molecule has 0 spiro atoms. The van der Waals surface area contributed by atoms with Gasteiger partial charge in [-0.25, -0.2) is 4.98 Å². The van der Waals surface area contributed by atoms with Crippen molar-refractivity contribution in [3.05, 3.63) is 16.1 Å². The van der Waals surface area contributed by atoms with E-state index in [-0.39, 0.29) is 12.4 Å². The first-order chi connectivity index (χ1) is 6.79. The summed E-state index contributed by atoms with van der Waals surface area (Å²) in [6.07, 6.45) is 4.07. The van der Waals surface area contributed by atoms with Crippen LogP contribution in [0.5, 0.6) is 0 Å². The molecule has 4 heteroatoms. The molecule has 0 amide bonds. The van der Waals surface area contributed by atoms with Gasteiger partial charge in [-0.05, 0) is 25.7 Å². The second kappa shape index (κ2) is 5.83. The van der Waals surface area contributed by atoms with Crippen LogP contribution >= 0.6 is 23.7 Å². The minimum absolute atomic E-state index is 0. The zero-order valence-corrected chi connectivity index (χ0v) is 11.0. The predicted molar refractivity (Wildman–Crippen MR) is 67.7 cm³/mol. The second-order valence-electron chi connectivity index (χ2n) is 4.13. The summed E-state index contributed by atoms with van der Waals surface area (Å²) in [5, 5.41) is 6.89. The lowest BCUT2D eigenvalue weighted by molar-refractivity contribution is 0.595. The number of hydrogen-bond donors (Lipinski definition) is 1. The van der Waals surface area contributed by atoms with Crippen LogP contribution in [0.2, 0.25) is 0 Å². The van der Waals surface area contributed by atoms with Crippen LogP contribution in [-0.4, -0.2) is 11.0 Å². The molecule has 0 bridgehead atoms. The molecular weight excluding hydrogens is 228 g/mol. The van der Waals surface area contributed by atoms with Crippen LogP contribution in [-0.2, 0) is 6.54 Å². The topological polar surface area (TPSA) is 24.9 Å². The molecule has 15 heavy (non-hydrogen) atoms. The standard InChI is InChI=1S/C11H18N2S.ClH/c1-3-4-9-5-11(9)12-6-10-7-14-8(2)13-10;/h7,9,11-12H,3-6H2,1-2H3;1H. The fraction of sp³-hybridized carbons (Fsp3) is 0.727. The van der Waals surface area contributed by atoms with Gasteiger partial charge in [0.25, 0.3) is 0 Å². The highest BCUT2D eigenvalue weighted by molar-refractivity contribution is 7.09. The molecule has 1 N–H and O–H groups in total. The van der Waals surface area contributed by atoms with E-state index in [1.807, 2.05) is 0 Å². The van der Waals surface area contributed by atoms with Gasteiger partial charge in [0.05, 0.1) is 10.7 Å². The molecule has 1 saturated carbocycles. The van der Waals surface area contributed by atoms with Crippen LogP contribution in [0.15, 0.2) is 5.38 Å². The van der Waals surface area contributed by atoms with Gasteiger partial charge >= 0.3 is 0 Å². The lowest BCUT2D eigenvalue weighted by Crippen LogP contribution is -2.17. The van der Waals surface area contributed by atoms with Crippen LogP contribution in [0, 0.1) is 12.8 Å². The van der Waals surface area contributed by atoms with E-state index in [4.69, 9.17) is 0 Å². The average molecular weight is 247 g/mol. The first-order valence-electron chi connectivity index (χ1n) is 5.44. The largest absolute Gasteiger partial charge is 0.308 e. The van der Waals surface area contributed by atoms with E-state index in [9.17, 15) is 0 Å². The lowest BCUT2D eigenvalue weighted by Gasteiger charge is -2.00. The second-order valence-corrected chi connectivity index (χ2v) is 5.19. The maximum absolute atomic E-state index is 4.44. The quantitative estimate of drug-likeness (QED) is 0.864. The van der Waals surface area contributed by atoms with Gasteiger partial charge in [0.1, 0.15) is 0 Å². The summed E-state index contributed by atoms with van der Waals surface area (Å²) in [6.45, 7) is 5.28. The fourth-order valence-electron chi connectivity index (χ4n) is 1.91.